The van der Waals surface area contributed by atoms with Gasteiger partial charge in [-0.3, -0.25) is 9.36 Å². The van der Waals surface area contributed by atoms with Crippen LogP contribution in [-0.4, -0.2) is 20.6 Å². The summed E-state index contributed by atoms with van der Waals surface area (Å²) >= 11 is 0. The number of imidazole rings is 1. The molecule has 2 aromatic rings. The summed E-state index contributed by atoms with van der Waals surface area (Å²) in [5.41, 5.74) is 0.441. The number of hydrogen-bond donors (Lipinski definition) is 2. The highest BCUT2D eigenvalue weighted by atomic mass is 19.1. The molecule has 0 bridgehead atoms. The normalized spacial score (nSPS) is 12.8. The van der Waals surface area contributed by atoms with Crippen LogP contribution in [0.2, 0.25) is 0 Å². The van der Waals surface area contributed by atoms with Gasteiger partial charge in [-0.1, -0.05) is 6.92 Å². The highest BCUT2D eigenvalue weighted by molar-refractivity contribution is 5.75. The van der Waals surface area contributed by atoms with Crippen LogP contribution in [0.1, 0.15) is 6.92 Å². The minimum Gasteiger partial charge on any atom is -0.481 e. The number of aromatic nitrogens is 2. The van der Waals surface area contributed by atoms with Crippen molar-refractivity contribution < 1.29 is 14.3 Å². The second-order valence-corrected chi connectivity index (χ2v) is 3.94. The van der Waals surface area contributed by atoms with Gasteiger partial charge < -0.3 is 10.1 Å². The third-order valence-corrected chi connectivity index (χ3v) is 2.61. The predicted octanol–water partition coefficient (Wildman–Crippen LogP) is 1.19. The molecule has 5 nitrogen and oxygen atoms in total. The maximum Gasteiger partial charge on any atom is 0.326 e. The Morgan fingerprint density at radius 2 is 2.29 bits per heavy atom. The Balaban J connectivity index is 2.50. The summed E-state index contributed by atoms with van der Waals surface area (Å²) in [5, 5.41) is 8.80. The first-order valence-electron chi connectivity index (χ1n) is 5.10. The molecular weight excluding hydrogens is 227 g/mol. The van der Waals surface area contributed by atoms with Gasteiger partial charge in [0.2, 0.25) is 0 Å². The number of carbonyl (C=O) groups is 1. The number of nitrogens with zero attached hydrogens (tertiary/aromatic N) is 1. The van der Waals surface area contributed by atoms with Crippen molar-refractivity contribution in [3.63, 3.8) is 0 Å². The molecule has 2 N–H and O–H groups in total. The zero-order chi connectivity index (χ0) is 12.6. The van der Waals surface area contributed by atoms with Crippen LogP contribution in [0.15, 0.2) is 23.0 Å². The SMILES string of the molecule is CC(Cn1c(=O)[nH]c2cc(F)ccc21)C(=O)O. The molecule has 0 saturated carbocycles. The Morgan fingerprint density at radius 3 is 2.94 bits per heavy atom. The number of carboxylic acid groups (broad SMARTS) is 1. The van der Waals surface area contributed by atoms with Crippen molar-refractivity contribution in [1.29, 1.82) is 0 Å². The minimum absolute atomic E-state index is 0.0554. The van der Waals surface area contributed by atoms with E-state index in [1.165, 1.54) is 29.7 Å². The van der Waals surface area contributed by atoms with Crippen LogP contribution in [0.4, 0.5) is 4.39 Å². The van der Waals surface area contributed by atoms with Crippen molar-refractivity contribution in [2.24, 2.45) is 5.92 Å². The molecule has 2 rings (SSSR count). The first-order valence-corrected chi connectivity index (χ1v) is 5.10. The standard InChI is InChI=1S/C11H11FN2O3/c1-6(10(15)16)5-14-9-3-2-7(12)4-8(9)13-11(14)17/h2-4,6H,5H2,1H3,(H,13,17)(H,15,16). The number of H-pyrrole nitrogens is 1. The Morgan fingerprint density at radius 1 is 1.59 bits per heavy atom. The number of rotatable bonds is 3. The van der Waals surface area contributed by atoms with Crippen molar-refractivity contribution in [3.8, 4) is 0 Å². The number of carboxylic acids is 1. The fraction of sp³-hybridized carbons (Fsp3) is 0.273. The Bertz CT molecular complexity index is 629. The number of benzene rings is 1. The van der Waals surface area contributed by atoms with Crippen LogP contribution < -0.4 is 5.69 Å². The third kappa shape index (κ3) is 2.06. The van der Waals surface area contributed by atoms with E-state index in [1.807, 2.05) is 0 Å². The molecule has 0 fully saturated rings. The monoisotopic (exact) mass is 238 g/mol. The molecule has 0 aliphatic heterocycles. The molecule has 0 radical (unpaired) electrons. The van der Waals surface area contributed by atoms with Gasteiger partial charge in [-0.15, -0.1) is 0 Å². The van der Waals surface area contributed by atoms with Crippen LogP contribution in [0, 0.1) is 11.7 Å². The molecular formula is C11H11FN2O3. The molecule has 1 aromatic heterocycles. The van der Waals surface area contributed by atoms with Gasteiger partial charge in [0.1, 0.15) is 5.82 Å². The summed E-state index contributed by atoms with van der Waals surface area (Å²) in [5.74, 6) is -2.11. The van der Waals surface area contributed by atoms with E-state index < -0.39 is 23.4 Å². The van der Waals surface area contributed by atoms with Gasteiger partial charge in [0, 0.05) is 6.54 Å². The Labute approximate surface area is 95.5 Å². The summed E-state index contributed by atoms with van der Waals surface area (Å²) in [6, 6.07) is 3.90. The van der Waals surface area contributed by atoms with Crippen LogP contribution in [0.25, 0.3) is 11.0 Å². The first kappa shape index (κ1) is 11.4. The lowest BCUT2D eigenvalue weighted by atomic mass is 10.2. The number of aromatic amines is 1. The van der Waals surface area contributed by atoms with Gasteiger partial charge in [-0.25, -0.2) is 9.18 Å². The molecule has 1 unspecified atom stereocenters. The topological polar surface area (TPSA) is 75.1 Å². The van der Waals surface area contributed by atoms with E-state index >= 15 is 0 Å². The molecule has 0 aliphatic rings. The summed E-state index contributed by atoms with van der Waals surface area (Å²) in [4.78, 5) is 24.8. The molecule has 0 aliphatic carbocycles. The number of fused-ring (bicyclic) bond motifs is 1. The van der Waals surface area contributed by atoms with E-state index in [-0.39, 0.29) is 6.54 Å². The minimum atomic E-state index is -0.978. The fourth-order valence-electron chi connectivity index (χ4n) is 1.67. The van der Waals surface area contributed by atoms with Crippen molar-refractivity contribution >= 4 is 17.0 Å². The van der Waals surface area contributed by atoms with Crippen LogP contribution >= 0.6 is 0 Å². The summed E-state index contributed by atoms with van der Waals surface area (Å²) < 4.78 is 14.2. The van der Waals surface area contributed by atoms with E-state index in [4.69, 9.17) is 5.11 Å². The van der Waals surface area contributed by atoms with E-state index in [1.54, 1.807) is 0 Å². The third-order valence-electron chi connectivity index (χ3n) is 2.61. The van der Waals surface area contributed by atoms with Crippen molar-refractivity contribution in [2.45, 2.75) is 13.5 Å². The summed E-state index contributed by atoms with van der Waals surface area (Å²) in [6.07, 6.45) is 0. The van der Waals surface area contributed by atoms with Gasteiger partial charge in [0.05, 0.1) is 17.0 Å². The number of nitrogens with one attached hydrogen (secondary N) is 1. The zero-order valence-corrected chi connectivity index (χ0v) is 9.11. The van der Waals surface area contributed by atoms with Crippen LogP contribution in [0.5, 0.6) is 0 Å². The molecule has 0 saturated heterocycles. The van der Waals surface area contributed by atoms with Gasteiger partial charge in [-0.05, 0) is 18.2 Å². The first-order chi connectivity index (χ1) is 7.99. The molecule has 0 spiro atoms. The second kappa shape index (κ2) is 4.04. The number of halogens is 1. The lowest BCUT2D eigenvalue weighted by Crippen LogP contribution is -2.24. The van der Waals surface area contributed by atoms with E-state index in [0.29, 0.717) is 11.0 Å². The van der Waals surface area contributed by atoms with Crippen molar-refractivity contribution in [2.75, 3.05) is 0 Å². The van der Waals surface area contributed by atoms with Crippen molar-refractivity contribution in [3.05, 3.63) is 34.5 Å². The number of hydrogen-bond acceptors (Lipinski definition) is 2. The van der Waals surface area contributed by atoms with Gasteiger partial charge >= 0.3 is 11.7 Å². The quantitative estimate of drug-likeness (QED) is 0.843. The molecule has 90 valence electrons. The Hall–Kier alpha value is -2.11. The molecule has 1 heterocycles. The van der Waals surface area contributed by atoms with Gasteiger partial charge in [-0.2, -0.15) is 0 Å². The van der Waals surface area contributed by atoms with E-state index in [0.717, 1.165) is 0 Å². The molecule has 17 heavy (non-hydrogen) atoms. The van der Waals surface area contributed by atoms with Crippen molar-refractivity contribution in [1.82, 2.24) is 9.55 Å². The second-order valence-electron chi connectivity index (χ2n) is 3.94. The lowest BCUT2D eigenvalue weighted by Gasteiger charge is -2.07. The van der Waals surface area contributed by atoms with E-state index in [9.17, 15) is 14.0 Å². The molecule has 6 heteroatoms. The van der Waals surface area contributed by atoms with Gasteiger partial charge in [0.25, 0.3) is 0 Å². The average molecular weight is 238 g/mol. The van der Waals surface area contributed by atoms with Crippen LogP contribution in [-0.2, 0) is 11.3 Å². The fourth-order valence-corrected chi connectivity index (χ4v) is 1.67. The molecule has 1 atom stereocenters. The smallest absolute Gasteiger partial charge is 0.326 e. The van der Waals surface area contributed by atoms with E-state index in [2.05, 4.69) is 4.98 Å². The number of aliphatic carboxylic acids is 1. The average Bonchev–Trinajstić information content (AvgIpc) is 2.54. The maximum atomic E-state index is 12.9. The summed E-state index contributed by atoms with van der Waals surface area (Å²) in [7, 11) is 0. The zero-order valence-electron chi connectivity index (χ0n) is 9.11. The lowest BCUT2D eigenvalue weighted by molar-refractivity contribution is -0.141. The predicted molar refractivity (Wildman–Crippen MR) is 59.3 cm³/mol. The highest BCUT2D eigenvalue weighted by Crippen LogP contribution is 2.13. The largest absolute Gasteiger partial charge is 0.481 e. The van der Waals surface area contributed by atoms with Gasteiger partial charge in [0.15, 0.2) is 0 Å². The Kier molecular flexibility index (Phi) is 2.71. The summed E-state index contributed by atoms with van der Waals surface area (Å²) in [6.45, 7) is 1.57. The molecule has 0 amide bonds. The highest BCUT2D eigenvalue weighted by Gasteiger charge is 2.15. The molecule has 1 aromatic carbocycles. The van der Waals surface area contributed by atoms with Crippen LogP contribution in [0.3, 0.4) is 0 Å². The maximum absolute atomic E-state index is 12.9.